The zero-order chi connectivity index (χ0) is 29.4. The number of ether oxygens (including phenoxy) is 3. The van der Waals surface area contributed by atoms with Gasteiger partial charge in [0, 0.05) is 42.6 Å². The molecule has 10 nitrogen and oxygen atoms in total. The van der Waals surface area contributed by atoms with Crippen LogP contribution in [0.3, 0.4) is 0 Å². The first-order chi connectivity index (χ1) is 20.4. The largest absolute Gasteiger partial charge is 0.508 e. The predicted molar refractivity (Wildman–Crippen MR) is 155 cm³/mol. The van der Waals surface area contributed by atoms with E-state index in [1.54, 1.807) is 30.3 Å². The molecule has 42 heavy (non-hydrogen) atoms. The van der Waals surface area contributed by atoms with Crippen LogP contribution in [0.25, 0.3) is 11.1 Å². The van der Waals surface area contributed by atoms with Crippen LogP contribution in [0.4, 0.5) is 0 Å². The second kappa shape index (κ2) is 11.6. The van der Waals surface area contributed by atoms with Crippen LogP contribution in [-0.4, -0.2) is 76.2 Å². The summed E-state index contributed by atoms with van der Waals surface area (Å²) in [6.45, 7) is 0.763. The van der Waals surface area contributed by atoms with E-state index in [2.05, 4.69) is 10.2 Å². The molecule has 2 aliphatic heterocycles. The van der Waals surface area contributed by atoms with E-state index in [-0.39, 0.29) is 36.4 Å². The van der Waals surface area contributed by atoms with Crippen LogP contribution in [-0.2, 0) is 12.8 Å². The molecule has 0 unspecified atom stereocenters. The second-order valence-corrected chi connectivity index (χ2v) is 11.0. The van der Waals surface area contributed by atoms with Crippen molar-refractivity contribution in [3.8, 4) is 39.9 Å². The number of fused-ring (bicyclic) bond motifs is 5. The molecule has 0 amide bonds. The highest BCUT2D eigenvalue weighted by Crippen LogP contribution is 2.53. The summed E-state index contributed by atoms with van der Waals surface area (Å²) in [5.74, 6) is 1.47. The van der Waals surface area contributed by atoms with Gasteiger partial charge in [-0.2, -0.15) is 0 Å². The Hall–Kier alpha value is -4.12. The number of methoxy groups -OCH3 is 1. The summed E-state index contributed by atoms with van der Waals surface area (Å²) in [4.78, 5) is 2.19. The summed E-state index contributed by atoms with van der Waals surface area (Å²) in [7, 11) is 1.46. The number of hydrogen-bond donors (Lipinski definition) is 6. The van der Waals surface area contributed by atoms with Crippen molar-refractivity contribution in [1.29, 1.82) is 0 Å². The molecular weight excluding hydrogens is 540 g/mol. The molecule has 3 aliphatic rings. The van der Waals surface area contributed by atoms with Crippen molar-refractivity contribution in [2.24, 2.45) is 0 Å². The number of benzene rings is 3. The number of aliphatic hydroxyl groups is 3. The average molecular weight is 577 g/mol. The summed E-state index contributed by atoms with van der Waals surface area (Å²) in [6, 6.07) is 11.9. The van der Waals surface area contributed by atoms with Gasteiger partial charge in [-0.3, -0.25) is 0 Å². The Morgan fingerprint density at radius 3 is 2.62 bits per heavy atom. The highest BCUT2D eigenvalue weighted by Gasteiger charge is 2.38. The van der Waals surface area contributed by atoms with Gasteiger partial charge in [0.05, 0.1) is 33.1 Å². The zero-order valence-corrected chi connectivity index (χ0v) is 23.4. The fourth-order valence-corrected chi connectivity index (χ4v) is 6.30. The number of phenols is 2. The summed E-state index contributed by atoms with van der Waals surface area (Å²) in [5, 5.41) is 54.8. The maximum atomic E-state index is 11.4. The number of rotatable bonds is 9. The highest BCUT2D eigenvalue weighted by atomic mass is 16.5. The van der Waals surface area contributed by atoms with Crippen molar-refractivity contribution in [2.75, 3.05) is 33.5 Å². The van der Waals surface area contributed by atoms with Crippen LogP contribution in [0, 0.1) is 0 Å². The Bertz CT molecular complexity index is 1490. The smallest absolute Gasteiger partial charge is 0.160 e. The van der Waals surface area contributed by atoms with E-state index in [0.29, 0.717) is 29.9 Å². The topological polar surface area (TPSA) is 144 Å². The Morgan fingerprint density at radius 2 is 1.88 bits per heavy atom. The van der Waals surface area contributed by atoms with Crippen molar-refractivity contribution < 1.29 is 39.7 Å². The lowest BCUT2D eigenvalue weighted by Crippen LogP contribution is -2.33. The van der Waals surface area contributed by atoms with Crippen molar-refractivity contribution in [2.45, 2.75) is 43.5 Å². The van der Waals surface area contributed by atoms with E-state index < -0.39 is 18.3 Å². The minimum atomic E-state index is -0.877. The van der Waals surface area contributed by atoms with Gasteiger partial charge in [0.15, 0.2) is 11.5 Å². The lowest BCUT2D eigenvalue weighted by molar-refractivity contribution is 0.0194. The van der Waals surface area contributed by atoms with E-state index in [1.165, 1.54) is 13.2 Å². The minimum Gasteiger partial charge on any atom is -0.508 e. The molecule has 3 aromatic rings. The Balaban J connectivity index is 1.49. The number of hydrogen-bond acceptors (Lipinski definition) is 10. The molecule has 0 aromatic heterocycles. The standard InChI is InChI=1S/C32H36N2O8/c1-40-28-12-19(2-5-25(28)38)32-26(39)13-24-27(42-32)14-29(41-22(15-35)16-36)31-23-4-3-21(37)11-20(23)10-18(30(24)31)6-8-34-9-7-33-17-34/h2-5,7,9,11-12,14,18,22,26,32-33,35-39H,6,8,10,13,15-17H2,1H3/t18-,26+,32+/m0/s1. The molecule has 0 fully saturated rings. The van der Waals surface area contributed by atoms with Gasteiger partial charge in [-0.25, -0.2) is 0 Å². The van der Waals surface area contributed by atoms with E-state index >= 15 is 0 Å². The van der Waals surface area contributed by atoms with Gasteiger partial charge in [-0.05, 0) is 65.3 Å². The van der Waals surface area contributed by atoms with E-state index in [0.717, 1.165) is 47.5 Å². The van der Waals surface area contributed by atoms with Crippen molar-refractivity contribution >= 4 is 0 Å². The molecule has 222 valence electrons. The van der Waals surface area contributed by atoms with Crippen LogP contribution in [0.1, 0.15) is 40.7 Å². The number of aliphatic hydroxyl groups excluding tert-OH is 3. The van der Waals surface area contributed by atoms with Gasteiger partial charge < -0.3 is 50.0 Å². The third-order valence-electron chi connectivity index (χ3n) is 8.35. The molecule has 6 N–H and O–H groups in total. The first-order valence-electron chi connectivity index (χ1n) is 14.2. The lowest BCUT2D eigenvalue weighted by Gasteiger charge is -2.38. The summed E-state index contributed by atoms with van der Waals surface area (Å²) < 4.78 is 18.0. The van der Waals surface area contributed by atoms with Crippen LogP contribution in [0.2, 0.25) is 0 Å². The maximum Gasteiger partial charge on any atom is 0.160 e. The lowest BCUT2D eigenvalue weighted by atomic mass is 9.73. The van der Waals surface area contributed by atoms with Crippen LogP contribution in [0.5, 0.6) is 28.7 Å². The molecule has 6 rings (SSSR count). The summed E-state index contributed by atoms with van der Waals surface area (Å²) in [5.41, 5.74) is 5.24. The van der Waals surface area contributed by atoms with Gasteiger partial charge >= 0.3 is 0 Å². The van der Waals surface area contributed by atoms with Crippen molar-refractivity contribution in [3.63, 3.8) is 0 Å². The van der Waals surface area contributed by atoms with Crippen LogP contribution in [0.15, 0.2) is 54.9 Å². The number of nitrogens with one attached hydrogen (secondary N) is 1. The first kappa shape index (κ1) is 28.0. The fourth-order valence-electron chi connectivity index (χ4n) is 6.30. The van der Waals surface area contributed by atoms with Gasteiger partial charge in [-0.15, -0.1) is 0 Å². The molecule has 0 bridgehead atoms. The third-order valence-corrected chi connectivity index (χ3v) is 8.35. The third kappa shape index (κ3) is 5.17. The Morgan fingerprint density at radius 1 is 1.05 bits per heavy atom. The van der Waals surface area contributed by atoms with Crippen molar-refractivity contribution in [1.82, 2.24) is 10.2 Å². The molecule has 10 heteroatoms. The molecule has 0 saturated heterocycles. The zero-order valence-electron chi connectivity index (χ0n) is 23.4. The van der Waals surface area contributed by atoms with E-state index in [9.17, 15) is 25.5 Å². The maximum absolute atomic E-state index is 11.4. The number of phenolic OH excluding ortho intramolecular Hbond substituents is 2. The molecule has 2 heterocycles. The van der Waals surface area contributed by atoms with Gasteiger partial charge in [0.25, 0.3) is 0 Å². The Labute approximate surface area is 244 Å². The highest BCUT2D eigenvalue weighted by molar-refractivity contribution is 5.83. The van der Waals surface area contributed by atoms with Gasteiger partial charge in [0.2, 0.25) is 0 Å². The van der Waals surface area contributed by atoms with Crippen LogP contribution < -0.4 is 19.5 Å². The molecule has 3 aromatic carbocycles. The van der Waals surface area contributed by atoms with Crippen LogP contribution >= 0.6 is 0 Å². The SMILES string of the molecule is COc1cc([C@H]2Oc3cc(OC(CO)CO)c4c(c3C[C@H]2O)[C@@H](CCN2C=CNC2)Cc2cc(O)ccc2-4)ccc1O. The fraction of sp³-hybridized carbons (Fsp3) is 0.375. The quantitative estimate of drug-likeness (QED) is 0.225. The number of aromatic hydroxyl groups is 2. The molecular formula is C32H36N2O8. The molecule has 1 aliphatic carbocycles. The predicted octanol–water partition coefficient (Wildman–Crippen LogP) is 2.91. The number of nitrogens with zero attached hydrogens (tertiary/aromatic N) is 1. The molecule has 0 spiro atoms. The minimum absolute atomic E-state index is 0.00801. The van der Waals surface area contributed by atoms with Gasteiger partial charge in [-0.1, -0.05) is 12.1 Å². The molecule has 0 radical (unpaired) electrons. The van der Waals surface area contributed by atoms with E-state index in [1.807, 2.05) is 18.5 Å². The molecule has 3 atom stereocenters. The normalized spacial score (nSPS) is 20.4. The summed E-state index contributed by atoms with van der Waals surface area (Å²) >= 11 is 0. The van der Waals surface area contributed by atoms with E-state index in [4.69, 9.17) is 14.2 Å². The van der Waals surface area contributed by atoms with Gasteiger partial charge in [0.1, 0.15) is 29.5 Å². The average Bonchev–Trinajstić information content (AvgIpc) is 3.52. The monoisotopic (exact) mass is 576 g/mol. The second-order valence-electron chi connectivity index (χ2n) is 11.0. The van der Waals surface area contributed by atoms with Crippen molar-refractivity contribution in [3.05, 3.63) is 77.1 Å². The Kier molecular flexibility index (Phi) is 7.76. The summed E-state index contributed by atoms with van der Waals surface area (Å²) in [6.07, 6.45) is 3.29. The molecule has 0 saturated carbocycles. The first-order valence-corrected chi connectivity index (χ1v) is 14.2.